The Morgan fingerprint density at radius 3 is 2.37 bits per heavy atom. The van der Waals surface area contributed by atoms with Gasteiger partial charge in [0.15, 0.2) is 17.3 Å². The van der Waals surface area contributed by atoms with Gasteiger partial charge in [-0.3, -0.25) is 14.5 Å². The van der Waals surface area contributed by atoms with Crippen LogP contribution < -0.4 is 15.4 Å². The minimum absolute atomic E-state index is 0.0995. The van der Waals surface area contributed by atoms with Gasteiger partial charge in [0.25, 0.3) is 0 Å². The molecule has 2 atom stereocenters. The zero-order valence-corrected chi connectivity index (χ0v) is 31.2. The first-order chi connectivity index (χ1) is 24.1. The summed E-state index contributed by atoms with van der Waals surface area (Å²) >= 11 is 0. The molecule has 0 spiro atoms. The summed E-state index contributed by atoms with van der Waals surface area (Å²) in [4.78, 5) is 38.5. The number of benzene rings is 1. The number of anilines is 1. The van der Waals surface area contributed by atoms with Crippen LogP contribution in [0.1, 0.15) is 125 Å². The molecule has 1 fully saturated rings. The van der Waals surface area contributed by atoms with Crippen LogP contribution in [-0.2, 0) is 15.6 Å². The summed E-state index contributed by atoms with van der Waals surface area (Å²) in [7, 11) is 4.13. The molecule has 1 aromatic carbocycles. The molecule has 12 heteroatoms. The first-order valence-electron chi connectivity index (χ1n) is 18.0. The number of hydrogen-bond acceptors (Lipinski definition) is 9. The van der Waals surface area contributed by atoms with Gasteiger partial charge in [0.05, 0.1) is 17.9 Å². The maximum Gasteiger partial charge on any atom is 0.320 e. The van der Waals surface area contributed by atoms with Gasteiger partial charge in [-0.15, -0.1) is 10.2 Å². The Morgan fingerprint density at radius 2 is 1.69 bits per heavy atom. The van der Waals surface area contributed by atoms with Crippen LogP contribution in [0.5, 0.6) is 5.75 Å². The molecular formula is C39H52N8O4. The summed E-state index contributed by atoms with van der Waals surface area (Å²) in [5.74, 6) is 1.88. The van der Waals surface area contributed by atoms with Crippen LogP contribution in [0.3, 0.4) is 0 Å². The summed E-state index contributed by atoms with van der Waals surface area (Å²) < 4.78 is 14.2. The third kappa shape index (κ3) is 8.07. The van der Waals surface area contributed by atoms with E-state index in [0.717, 1.165) is 41.2 Å². The van der Waals surface area contributed by atoms with E-state index in [2.05, 4.69) is 76.6 Å². The van der Waals surface area contributed by atoms with Crippen LogP contribution in [0.15, 0.2) is 48.7 Å². The molecule has 272 valence electrons. The van der Waals surface area contributed by atoms with Gasteiger partial charge in [-0.1, -0.05) is 65.8 Å². The highest BCUT2D eigenvalue weighted by molar-refractivity contribution is 5.94. The van der Waals surface area contributed by atoms with E-state index in [1.165, 1.54) is 0 Å². The second-order valence-electron chi connectivity index (χ2n) is 16.2. The molecule has 51 heavy (non-hydrogen) atoms. The van der Waals surface area contributed by atoms with E-state index < -0.39 is 6.03 Å². The van der Waals surface area contributed by atoms with Gasteiger partial charge in [0.2, 0.25) is 0 Å². The molecule has 0 radical (unpaired) electrons. The van der Waals surface area contributed by atoms with Crippen molar-refractivity contribution in [3.8, 4) is 5.75 Å². The summed E-state index contributed by atoms with van der Waals surface area (Å²) in [6, 6.07) is 13.0. The maximum absolute atomic E-state index is 13.6. The number of carbonyl (C=O) groups is 2. The van der Waals surface area contributed by atoms with E-state index in [-0.39, 0.29) is 40.1 Å². The van der Waals surface area contributed by atoms with Gasteiger partial charge < -0.3 is 19.7 Å². The minimum Gasteiger partial charge on any atom is -0.484 e. The second-order valence-corrected chi connectivity index (χ2v) is 16.2. The average molecular weight is 697 g/mol. The van der Waals surface area contributed by atoms with Crippen molar-refractivity contribution in [2.45, 2.75) is 109 Å². The first-order valence-corrected chi connectivity index (χ1v) is 18.0. The largest absolute Gasteiger partial charge is 0.484 e. The van der Waals surface area contributed by atoms with Crippen molar-refractivity contribution in [1.82, 2.24) is 34.8 Å². The highest BCUT2D eigenvalue weighted by atomic mass is 16.5. The molecule has 0 bridgehead atoms. The average Bonchev–Trinajstić information content (AvgIpc) is 3.52. The third-order valence-electron chi connectivity index (χ3n) is 10.2. The maximum atomic E-state index is 13.6. The molecule has 0 saturated carbocycles. The fourth-order valence-electron chi connectivity index (χ4n) is 7.10. The topological polar surface area (TPSA) is 136 Å². The Morgan fingerprint density at radius 1 is 0.961 bits per heavy atom. The smallest absolute Gasteiger partial charge is 0.320 e. The van der Waals surface area contributed by atoms with Crippen LogP contribution in [0.4, 0.5) is 10.6 Å². The van der Waals surface area contributed by atoms with Gasteiger partial charge in [-0.05, 0) is 69.5 Å². The number of carbonyl (C=O) groups excluding carboxylic acids is 2. The molecule has 1 saturated heterocycles. The van der Waals surface area contributed by atoms with Crippen LogP contribution >= 0.6 is 0 Å². The number of rotatable bonds is 9. The lowest BCUT2D eigenvalue weighted by molar-refractivity contribution is -0.0124. The number of ether oxygens (including phenoxy) is 2. The van der Waals surface area contributed by atoms with Gasteiger partial charge in [0.1, 0.15) is 23.5 Å². The van der Waals surface area contributed by atoms with Crippen LogP contribution in [0.2, 0.25) is 0 Å². The summed E-state index contributed by atoms with van der Waals surface area (Å²) in [5, 5.41) is 14.8. The van der Waals surface area contributed by atoms with Crippen LogP contribution in [0, 0.1) is 0 Å². The standard InChI is InChI=1S/C39H52N8O4/c1-37(2,3)31-23-32(42-34(41-31)29(48)17-18-39(46(7)8)19-21-50-22-20-39)43-36(49)40-28-14-15-30(27-12-10-9-11-26(27)28)51-25-13-16-33-44-45-35(38(4,5)6)47(33)24-25/h9-13,16,23-24,28,30H,14-15,17-22H2,1-8H3,(H2,40,41,42,43,49)/t28-,30+/m0/s1. The van der Waals surface area contributed by atoms with Gasteiger partial charge >= 0.3 is 6.03 Å². The number of amides is 2. The van der Waals surface area contributed by atoms with Gasteiger partial charge in [0, 0.05) is 42.1 Å². The highest BCUT2D eigenvalue weighted by Gasteiger charge is 2.36. The Labute approximate surface area is 300 Å². The van der Waals surface area contributed by atoms with Gasteiger partial charge in [-0.25, -0.2) is 14.8 Å². The number of nitrogens with one attached hydrogen (secondary N) is 2. The van der Waals surface area contributed by atoms with Crippen molar-refractivity contribution in [2.75, 3.05) is 32.6 Å². The Bertz CT molecular complexity index is 1880. The molecule has 0 unspecified atom stereocenters. The lowest BCUT2D eigenvalue weighted by atomic mass is 9.83. The van der Waals surface area contributed by atoms with Crippen molar-refractivity contribution in [2.24, 2.45) is 0 Å². The predicted molar refractivity (Wildman–Crippen MR) is 196 cm³/mol. The normalized spacial score (nSPS) is 19.1. The number of pyridine rings is 1. The number of hydrogen-bond donors (Lipinski definition) is 2. The van der Waals surface area contributed by atoms with Crippen molar-refractivity contribution >= 4 is 23.3 Å². The number of urea groups is 1. The van der Waals surface area contributed by atoms with E-state index >= 15 is 0 Å². The summed E-state index contributed by atoms with van der Waals surface area (Å²) in [6.07, 6.45) is 5.89. The van der Waals surface area contributed by atoms with Crippen LogP contribution in [0.25, 0.3) is 5.65 Å². The van der Waals surface area contributed by atoms with Crippen molar-refractivity contribution in [1.29, 1.82) is 0 Å². The predicted octanol–water partition coefficient (Wildman–Crippen LogP) is 6.96. The number of nitrogens with zero attached hydrogens (tertiary/aromatic N) is 6. The second kappa shape index (κ2) is 14.3. The monoisotopic (exact) mass is 696 g/mol. The van der Waals surface area contributed by atoms with Crippen molar-refractivity contribution in [3.05, 3.63) is 77.1 Å². The molecule has 6 rings (SSSR count). The number of ketones is 1. The fraction of sp³-hybridized carbons (Fsp3) is 0.538. The van der Waals surface area contributed by atoms with E-state index in [4.69, 9.17) is 9.47 Å². The Balaban J connectivity index is 1.16. The molecule has 12 nitrogen and oxygen atoms in total. The SMILES string of the molecule is CN(C)C1(CCC(=O)c2nc(NC(=O)N[C@H]3CC[C@@H](Oc4ccc5nnc(C(C)(C)C)n5c4)c4ccccc43)cc(C(C)(C)C)n2)CCOCC1. The molecule has 1 aliphatic heterocycles. The fourth-order valence-corrected chi connectivity index (χ4v) is 7.10. The van der Waals surface area contributed by atoms with Crippen molar-refractivity contribution in [3.63, 3.8) is 0 Å². The summed E-state index contributed by atoms with van der Waals surface area (Å²) in [5.41, 5.74) is 2.85. The molecule has 2 aliphatic rings. The Hall–Kier alpha value is -4.42. The summed E-state index contributed by atoms with van der Waals surface area (Å²) in [6.45, 7) is 13.8. The zero-order valence-electron chi connectivity index (χ0n) is 31.2. The van der Waals surface area contributed by atoms with E-state index in [9.17, 15) is 9.59 Å². The minimum atomic E-state index is -0.396. The highest BCUT2D eigenvalue weighted by Crippen LogP contribution is 2.39. The molecule has 2 N–H and O–H groups in total. The van der Waals surface area contributed by atoms with Gasteiger partial charge in [-0.2, -0.15) is 0 Å². The quantitative estimate of drug-likeness (QED) is 0.178. The number of aromatic nitrogens is 5. The van der Waals surface area contributed by atoms with E-state index in [0.29, 0.717) is 50.4 Å². The molecule has 3 aromatic heterocycles. The zero-order chi connectivity index (χ0) is 36.6. The lowest BCUT2D eigenvalue weighted by Gasteiger charge is -2.42. The van der Waals surface area contributed by atoms with E-state index in [1.54, 1.807) is 6.07 Å². The first kappa shape index (κ1) is 36.4. The third-order valence-corrected chi connectivity index (χ3v) is 10.2. The lowest BCUT2D eigenvalue weighted by Crippen LogP contribution is -2.48. The molecule has 1 aliphatic carbocycles. The Kier molecular flexibility index (Phi) is 10.2. The number of Topliss-reactive ketones (excluding diaryl/α,β-unsaturated/α-hetero) is 1. The van der Waals surface area contributed by atoms with E-state index in [1.807, 2.05) is 61.7 Å². The van der Waals surface area contributed by atoms with Crippen LogP contribution in [-0.4, -0.2) is 74.1 Å². The molecular weight excluding hydrogens is 644 g/mol. The number of fused-ring (bicyclic) bond motifs is 2. The van der Waals surface area contributed by atoms with Crippen molar-refractivity contribution < 1.29 is 19.1 Å². The molecule has 4 aromatic rings. The molecule has 2 amide bonds. The molecule has 4 heterocycles.